The highest BCUT2D eigenvalue weighted by Crippen LogP contribution is 1.93. The zero-order chi connectivity index (χ0) is 10.9. The predicted octanol–water partition coefficient (Wildman–Crippen LogP) is 2.17. The lowest BCUT2D eigenvalue weighted by Gasteiger charge is -2.09. The molecule has 0 aliphatic heterocycles. The van der Waals surface area contributed by atoms with E-state index in [1.165, 1.54) is 7.11 Å². The number of hydrogen-bond acceptors (Lipinski definition) is 3. The number of carbonyl (C=O) groups excluding carboxylic acids is 1. The first kappa shape index (κ1) is 14.7. The first-order chi connectivity index (χ1) is 5.93. The molecule has 0 bridgehead atoms. The van der Waals surface area contributed by atoms with Crippen LogP contribution in [0.3, 0.4) is 0 Å². The van der Waals surface area contributed by atoms with Crippen molar-refractivity contribution in [2.45, 2.75) is 39.9 Å². The molecule has 0 aromatic carbocycles. The van der Waals surface area contributed by atoms with E-state index in [0.29, 0.717) is 12.2 Å². The minimum Gasteiger partial charge on any atom is -0.466 e. The molecule has 78 valence electrons. The second-order valence-electron chi connectivity index (χ2n) is 2.96. The highest BCUT2D eigenvalue weighted by Gasteiger charge is 1.94. The number of hydrogen-bond donors (Lipinski definition) is 0. The number of carbonyl (C=O) groups is 1. The Labute approximate surface area is 80.7 Å². The van der Waals surface area contributed by atoms with Crippen LogP contribution in [0.25, 0.3) is 0 Å². The molecule has 3 nitrogen and oxygen atoms in total. The Hall–Kier alpha value is -0.830. The summed E-state index contributed by atoms with van der Waals surface area (Å²) in [4.78, 5) is 9.84. The van der Waals surface area contributed by atoms with E-state index in [1.54, 1.807) is 0 Å². The largest absolute Gasteiger partial charge is 0.466 e. The van der Waals surface area contributed by atoms with Gasteiger partial charge in [-0.1, -0.05) is 6.58 Å². The molecule has 0 saturated carbocycles. The molecule has 0 aromatic rings. The topological polar surface area (TPSA) is 35.5 Å². The molecule has 0 heterocycles. The molecule has 0 radical (unpaired) electrons. The van der Waals surface area contributed by atoms with Gasteiger partial charge < -0.3 is 9.47 Å². The van der Waals surface area contributed by atoms with Crippen LogP contribution in [0.4, 0.5) is 0 Å². The summed E-state index contributed by atoms with van der Waals surface area (Å²) in [6, 6.07) is 0. The van der Waals surface area contributed by atoms with Crippen molar-refractivity contribution in [2.24, 2.45) is 0 Å². The van der Waals surface area contributed by atoms with Crippen LogP contribution in [-0.2, 0) is 14.3 Å². The molecule has 0 fully saturated rings. The smallest absolute Gasteiger partial charge is 0.329 e. The number of methoxy groups -OCH3 is 1. The minimum absolute atomic E-state index is 0.375. The second-order valence-corrected chi connectivity index (χ2v) is 2.96. The molecular weight excluding hydrogens is 168 g/mol. The Morgan fingerprint density at radius 1 is 1.23 bits per heavy atom. The van der Waals surface area contributed by atoms with Crippen molar-refractivity contribution in [1.29, 1.82) is 0 Å². The van der Waals surface area contributed by atoms with Crippen LogP contribution in [0, 0.1) is 0 Å². The summed E-state index contributed by atoms with van der Waals surface area (Å²) in [6.45, 7) is 11.3. The van der Waals surface area contributed by atoms with Gasteiger partial charge in [-0.2, -0.15) is 0 Å². The van der Waals surface area contributed by atoms with E-state index in [9.17, 15) is 4.79 Å². The van der Waals surface area contributed by atoms with Crippen LogP contribution in [-0.4, -0.2) is 25.3 Å². The quantitative estimate of drug-likeness (QED) is 0.503. The molecule has 0 saturated heterocycles. The molecular formula is C10H20O3. The third-order valence-corrected chi connectivity index (χ3v) is 0.912. The Kier molecular flexibility index (Phi) is 10.5. The molecule has 13 heavy (non-hydrogen) atoms. The summed E-state index contributed by atoms with van der Waals surface area (Å²) in [5.41, 5.74) is 0. The van der Waals surface area contributed by atoms with Gasteiger partial charge in [-0.3, -0.25) is 0 Å². The second kappa shape index (κ2) is 9.26. The Balaban J connectivity index is 0. The van der Waals surface area contributed by atoms with Gasteiger partial charge >= 0.3 is 5.97 Å². The van der Waals surface area contributed by atoms with Gasteiger partial charge in [0.05, 0.1) is 19.3 Å². The Morgan fingerprint density at radius 2 is 1.62 bits per heavy atom. The first-order valence-electron chi connectivity index (χ1n) is 4.29. The third-order valence-electron chi connectivity index (χ3n) is 0.912. The van der Waals surface area contributed by atoms with Crippen LogP contribution in [0.15, 0.2) is 12.7 Å². The fraction of sp³-hybridized carbons (Fsp3) is 0.700. The highest BCUT2D eigenvalue weighted by molar-refractivity contribution is 5.80. The van der Waals surface area contributed by atoms with Crippen molar-refractivity contribution in [3.8, 4) is 0 Å². The van der Waals surface area contributed by atoms with Crippen LogP contribution >= 0.6 is 0 Å². The van der Waals surface area contributed by atoms with Gasteiger partial charge in [0, 0.05) is 6.08 Å². The van der Waals surface area contributed by atoms with Gasteiger partial charge in [0.25, 0.3) is 0 Å². The van der Waals surface area contributed by atoms with Crippen LogP contribution in [0.2, 0.25) is 0 Å². The maximum absolute atomic E-state index is 9.84. The van der Waals surface area contributed by atoms with E-state index in [2.05, 4.69) is 11.3 Å². The molecule has 0 unspecified atom stereocenters. The lowest BCUT2D eigenvalue weighted by Crippen LogP contribution is -2.09. The average molecular weight is 188 g/mol. The van der Waals surface area contributed by atoms with E-state index in [0.717, 1.165) is 6.08 Å². The standard InChI is InChI=1S/C6H14O.C4H6O2/c1-5(2)7-6(3)4;1-3-4(5)6-2/h5-6H,1-4H3;3H,1H2,2H3. The predicted molar refractivity (Wildman–Crippen MR) is 53.6 cm³/mol. The zero-order valence-electron chi connectivity index (χ0n) is 9.16. The Morgan fingerprint density at radius 3 is 1.62 bits per heavy atom. The van der Waals surface area contributed by atoms with Gasteiger partial charge in [0.2, 0.25) is 0 Å². The van der Waals surface area contributed by atoms with Crippen molar-refractivity contribution in [1.82, 2.24) is 0 Å². The number of esters is 1. The van der Waals surface area contributed by atoms with E-state index < -0.39 is 5.97 Å². The normalized spacial score (nSPS) is 9.15. The van der Waals surface area contributed by atoms with E-state index in [-0.39, 0.29) is 0 Å². The fourth-order valence-electron chi connectivity index (χ4n) is 0.628. The highest BCUT2D eigenvalue weighted by atomic mass is 16.5. The van der Waals surface area contributed by atoms with E-state index in [1.807, 2.05) is 27.7 Å². The molecule has 0 aliphatic carbocycles. The summed E-state index contributed by atoms with van der Waals surface area (Å²) in [5, 5.41) is 0. The van der Waals surface area contributed by atoms with Crippen LogP contribution < -0.4 is 0 Å². The van der Waals surface area contributed by atoms with Crippen LogP contribution in [0.1, 0.15) is 27.7 Å². The monoisotopic (exact) mass is 188 g/mol. The summed E-state index contributed by atoms with van der Waals surface area (Å²) < 4.78 is 9.39. The van der Waals surface area contributed by atoms with E-state index >= 15 is 0 Å². The molecule has 0 atom stereocenters. The maximum Gasteiger partial charge on any atom is 0.329 e. The zero-order valence-corrected chi connectivity index (χ0v) is 9.16. The molecule has 3 heteroatoms. The molecule has 0 N–H and O–H groups in total. The number of ether oxygens (including phenoxy) is 2. The first-order valence-corrected chi connectivity index (χ1v) is 4.29. The Bertz CT molecular complexity index is 133. The molecule has 0 aliphatic rings. The minimum atomic E-state index is -0.394. The van der Waals surface area contributed by atoms with Crippen molar-refractivity contribution < 1.29 is 14.3 Å². The van der Waals surface area contributed by atoms with Crippen molar-refractivity contribution in [3.63, 3.8) is 0 Å². The van der Waals surface area contributed by atoms with Gasteiger partial charge in [-0.25, -0.2) is 4.79 Å². The van der Waals surface area contributed by atoms with Gasteiger partial charge in [0.1, 0.15) is 0 Å². The van der Waals surface area contributed by atoms with E-state index in [4.69, 9.17) is 4.74 Å². The average Bonchev–Trinajstić information content (AvgIpc) is 2.01. The van der Waals surface area contributed by atoms with Crippen molar-refractivity contribution in [2.75, 3.05) is 7.11 Å². The lowest BCUT2D eigenvalue weighted by molar-refractivity contribution is -0.134. The summed E-state index contributed by atoms with van der Waals surface area (Å²) >= 11 is 0. The summed E-state index contributed by atoms with van der Waals surface area (Å²) in [5.74, 6) is -0.394. The molecule has 0 spiro atoms. The van der Waals surface area contributed by atoms with Crippen molar-refractivity contribution in [3.05, 3.63) is 12.7 Å². The fourth-order valence-corrected chi connectivity index (χ4v) is 0.628. The molecule has 0 rings (SSSR count). The van der Waals surface area contributed by atoms with Gasteiger partial charge in [-0.05, 0) is 27.7 Å². The van der Waals surface area contributed by atoms with Crippen molar-refractivity contribution >= 4 is 5.97 Å². The SMILES string of the molecule is C=CC(=O)OC.CC(C)OC(C)C. The van der Waals surface area contributed by atoms with Gasteiger partial charge in [-0.15, -0.1) is 0 Å². The molecule has 0 aromatic heterocycles. The maximum atomic E-state index is 9.84. The number of rotatable bonds is 3. The molecule has 0 amide bonds. The third kappa shape index (κ3) is 18.3. The lowest BCUT2D eigenvalue weighted by atomic mass is 10.4. The van der Waals surface area contributed by atoms with Gasteiger partial charge in [0.15, 0.2) is 0 Å². The van der Waals surface area contributed by atoms with Crippen LogP contribution in [0.5, 0.6) is 0 Å². The summed E-state index contributed by atoms with van der Waals surface area (Å²) in [6.07, 6.45) is 1.86. The summed E-state index contributed by atoms with van der Waals surface area (Å²) in [7, 11) is 1.31.